The Morgan fingerprint density at radius 3 is 2.52 bits per heavy atom. The molecule has 0 aliphatic heterocycles. The minimum Gasteiger partial charge on any atom is -0.344 e. The van der Waals surface area contributed by atoms with Crippen molar-refractivity contribution in [2.45, 2.75) is 26.8 Å². The highest BCUT2D eigenvalue weighted by molar-refractivity contribution is 7.10. The standard InChI is InChI=1S/C19H25N3O2S/c1-13-7-5-8-16(14(13)2)21-19(24)12-22(4)11-18(23)20-15(3)17-9-6-10-25-17/h5-10,15H,11-12H2,1-4H3,(H,20,23)(H,21,24)/p+1/t15-/m1/s1. The molecule has 0 aliphatic carbocycles. The first-order valence-electron chi connectivity index (χ1n) is 8.37. The van der Waals surface area contributed by atoms with Gasteiger partial charge >= 0.3 is 0 Å². The highest BCUT2D eigenvalue weighted by atomic mass is 32.1. The molecule has 1 aromatic heterocycles. The van der Waals surface area contributed by atoms with E-state index in [9.17, 15) is 9.59 Å². The molecule has 1 aromatic carbocycles. The molecule has 2 rings (SSSR count). The molecule has 1 heterocycles. The van der Waals surface area contributed by atoms with E-state index in [1.54, 1.807) is 11.3 Å². The molecule has 0 radical (unpaired) electrons. The third kappa shape index (κ3) is 5.69. The third-order valence-electron chi connectivity index (χ3n) is 4.15. The summed E-state index contributed by atoms with van der Waals surface area (Å²) in [6.45, 7) is 6.47. The van der Waals surface area contributed by atoms with E-state index in [0.29, 0.717) is 0 Å². The highest BCUT2D eigenvalue weighted by Gasteiger charge is 2.17. The molecular weight excluding hydrogens is 334 g/mol. The van der Waals surface area contributed by atoms with Crippen LogP contribution in [0.1, 0.15) is 29.0 Å². The van der Waals surface area contributed by atoms with Crippen molar-refractivity contribution < 1.29 is 14.5 Å². The van der Waals surface area contributed by atoms with Crippen molar-refractivity contribution >= 4 is 28.8 Å². The third-order valence-corrected chi connectivity index (χ3v) is 5.21. The topological polar surface area (TPSA) is 62.6 Å². The van der Waals surface area contributed by atoms with Gasteiger partial charge < -0.3 is 15.5 Å². The Balaban J connectivity index is 1.80. The molecule has 3 N–H and O–H groups in total. The van der Waals surface area contributed by atoms with Crippen LogP contribution in [0.2, 0.25) is 0 Å². The number of likely N-dealkylation sites (N-methyl/N-ethyl adjacent to an activating group) is 1. The van der Waals surface area contributed by atoms with Crippen LogP contribution in [0.3, 0.4) is 0 Å². The van der Waals surface area contributed by atoms with Crippen LogP contribution < -0.4 is 15.5 Å². The molecule has 25 heavy (non-hydrogen) atoms. The zero-order valence-corrected chi connectivity index (χ0v) is 16.0. The van der Waals surface area contributed by atoms with Gasteiger partial charge in [-0.25, -0.2) is 0 Å². The predicted octanol–water partition coefficient (Wildman–Crippen LogP) is 1.70. The number of anilines is 1. The van der Waals surface area contributed by atoms with Gasteiger partial charge in [-0.1, -0.05) is 18.2 Å². The molecule has 2 aromatic rings. The summed E-state index contributed by atoms with van der Waals surface area (Å²) in [7, 11) is 1.85. The second-order valence-electron chi connectivity index (χ2n) is 6.41. The Bertz CT molecular complexity index is 728. The molecule has 5 nitrogen and oxygen atoms in total. The lowest BCUT2D eigenvalue weighted by Crippen LogP contribution is -3.11. The molecule has 0 saturated heterocycles. The first-order chi connectivity index (χ1) is 11.9. The lowest BCUT2D eigenvalue weighted by atomic mass is 10.1. The number of aryl methyl sites for hydroxylation is 1. The van der Waals surface area contributed by atoms with Crippen LogP contribution in [0, 0.1) is 13.8 Å². The van der Waals surface area contributed by atoms with Gasteiger partial charge in [0.05, 0.1) is 13.1 Å². The number of hydrogen-bond donors (Lipinski definition) is 3. The highest BCUT2D eigenvalue weighted by Crippen LogP contribution is 2.18. The number of quaternary nitrogens is 1. The molecule has 2 atom stereocenters. The number of rotatable bonds is 7. The number of amides is 2. The number of carbonyl (C=O) groups is 2. The lowest BCUT2D eigenvalue weighted by molar-refractivity contribution is -0.862. The maximum Gasteiger partial charge on any atom is 0.279 e. The van der Waals surface area contributed by atoms with Crippen LogP contribution in [-0.4, -0.2) is 32.0 Å². The van der Waals surface area contributed by atoms with Gasteiger partial charge in [-0.2, -0.15) is 0 Å². The van der Waals surface area contributed by atoms with Gasteiger partial charge in [0.25, 0.3) is 11.8 Å². The van der Waals surface area contributed by atoms with Crippen LogP contribution in [0.5, 0.6) is 0 Å². The monoisotopic (exact) mass is 360 g/mol. The molecule has 1 unspecified atom stereocenters. The minimum absolute atomic E-state index is 0.0101. The van der Waals surface area contributed by atoms with Crippen molar-refractivity contribution in [1.82, 2.24) is 5.32 Å². The molecule has 2 amide bonds. The van der Waals surface area contributed by atoms with E-state index < -0.39 is 0 Å². The lowest BCUT2D eigenvalue weighted by Gasteiger charge is -2.17. The number of hydrogen-bond acceptors (Lipinski definition) is 3. The molecule has 6 heteroatoms. The average Bonchev–Trinajstić information content (AvgIpc) is 3.05. The van der Waals surface area contributed by atoms with Crippen LogP contribution in [0.25, 0.3) is 0 Å². The second kappa shape index (κ2) is 8.78. The Morgan fingerprint density at radius 1 is 1.12 bits per heavy atom. The van der Waals surface area contributed by atoms with Crippen molar-refractivity contribution in [3.8, 4) is 0 Å². The molecule has 0 saturated carbocycles. The number of nitrogens with one attached hydrogen (secondary N) is 3. The van der Waals surface area contributed by atoms with Crippen molar-refractivity contribution in [2.75, 3.05) is 25.5 Å². The number of carbonyl (C=O) groups excluding carboxylic acids is 2. The number of benzene rings is 1. The Hall–Kier alpha value is -2.18. The van der Waals surface area contributed by atoms with Gasteiger partial charge in [0.1, 0.15) is 0 Å². The summed E-state index contributed by atoms with van der Waals surface area (Å²) in [5.74, 6) is -0.150. The molecule has 0 aliphatic rings. The Kier molecular flexibility index (Phi) is 6.73. The summed E-state index contributed by atoms with van der Waals surface area (Å²) in [5, 5.41) is 7.89. The minimum atomic E-state index is -0.0923. The van der Waals surface area contributed by atoms with Crippen molar-refractivity contribution in [2.24, 2.45) is 0 Å². The Morgan fingerprint density at radius 2 is 1.84 bits per heavy atom. The zero-order valence-electron chi connectivity index (χ0n) is 15.2. The fourth-order valence-corrected chi connectivity index (χ4v) is 3.33. The van der Waals surface area contributed by atoms with Gasteiger partial charge in [-0.15, -0.1) is 11.3 Å². The summed E-state index contributed by atoms with van der Waals surface area (Å²) in [6.07, 6.45) is 0. The fraction of sp³-hybridized carbons (Fsp3) is 0.368. The summed E-state index contributed by atoms with van der Waals surface area (Å²) < 4.78 is 0. The van der Waals surface area contributed by atoms with Crippen LogP contribution >= 0.6 is 11.3 Å². The Labute approximate surface area is 153 Å². The maximum absolute atomic E-state index is 12.2. The van der Waals surface area contributed by atoms with Crippen molar-refractivity contribution in [1.29, 1.82) is 0 Å². The first-order valence-corrected chi connectivity index (χ1v) is 9.25. The normalized spacial score (nSPS) is 13.1. The van der Waals surface area contributed by atoms with Crippen LogP contribution in [0.4, 0.5) is 5.69 Å². The van der Waals surface area contributed by atoms with Gasteiger partial charge in [0.15, 0.2) is 13.1 Å². The molecule has 0 spiro atoms. The number of thiophene rings is 1. The van der Waals surface area contributed by atoms with Crippen molar-refractivity contribution in [3.05, 3.63) is 51.7 Å². The van der Waals surface area contributed by atoms with Crippen molar-refractivity contribution in [3.63, 3.8) is 0 Å². The summed E-state index contributed by atoms with van der Waals surface area (Å²) in [4.78, 5) is 26.3. The predicted molar refractivity (Wildman–Crippen MR) is 102 cm³/mol. The SMILES string of the molecule is Cc1cccc(NC(=O)C[NH+](C)CC(=O)N[C@H](C)c2cccs2)c1C. The smallest absolute Gasteiger partial charge is 0.279 e. The van der Waals surface area contributed by atoms with E-state index in [4.69, 9.17) is 0 Å². The molecular formula is C19H26N3O2S+. The molecule has 134 valence electrons. The maximum atomic E-state index is 12.2. The van der Waals surface area contributed by atoms with Gasteiger partial charge in [-0.3, -0.25) is 9.59 Å². The van der Waals surface area contributed by atoms with Gasteiger partial charge in [-0.05, 0) is 49.4 Å². The second-order valence-corrected chi connectivity index (χ2v) is 7.39. The molecule has 0 bridgehead atoms. The van der Waals surface area contributed by atoms with Crippen LogP contribution in [-0.2, 0) is 9.59 Å². The summed E-state index contributed by atoms with van der Waals surface area (Å²) in [6, 6.07) is 9.80. The average molecular weight is 361 g/mol. The molecule has 0 fully saturated rings. The fourth-order valence-electron chi connectivity index (χ4n) is 2.59. The van der Waals surface area contributed by atoms with Gasteiger partial charge in [0, 0.05) is 10.6 Å². The summed E-state index contributed by atoms with van der Waals surface area (Å²) in [5.41, 5.74) is 3.03. The van der Waals surface area contributed by atoms with E-state index in [-0.39, 0.29) is 30.9 Å². The van der Waals surface area contributed by atoms with E-state index in [1.165, 1.54) is 0 Å². The van der Waals surface area contributed by atoms with Crippen LogP contribution in [0.15, 0.2) is 35.7 Å². The van der Waals surface area contributed by atoms with E-state index in [0.717, 1.165) is 26.6 Å². The van der Waals surface area contributed by atoms with Gasteiger partial charge in [0.2, 0.25) is 0 Å². The quantitative estimate of drug-likeness (QED) is 0.704. The zero-order chi connectivity index (χ0) is 18.4. The van der Waals surface area contributed by atoms with E-state index in [1.807, 2.05) is 63.5 Å². The summed E-state index contributed by atoms with van der Waals surface area (Å²) >= 11 is 1.62. The largest absolute Gasteiger partial charge is 0.344 e. The first kappa shape index (κ1) is 19.1. The van der Waals surface area contributed by atoms with E-state index >= 15 is 0 Å². The van der Waals surface area contributed by atoms with E-state index in [2.05, 4.69) is 10.6 Å².